The first kappa shape index (κ1) is 19.4. The van der Waals surface area contributed by atoms with Gasteiger partial charge in [0, 0.05) is 12.0 Å². The summed E-state index contributed by atoms with van der Waals surface area (Å²) in [5, 5.41) is 10.1. The highest BCUT2D eigenvalue weighted by atomic mass is 16.3. The second kappa shape index (κ2) is 8.62. The highest BCUT2D eigenvalue weighted by Gasteiger charge is 2.40. The zero-order chi connectivity index (χ0) is 20.2. The van der Waals surface area contributed by atoms with E-state index in [1.807, 2.05) is 60.4 Å². The molecule has 0 saturated carbocycles. The van der Waals surface area contributed by atoms with Crippen molar-refractivity contribution in [2.45, 2.75) is 31.8 Å². The average Bonchev–Trinajstić information content (AvgIpc) is 3.04. The molecule has 1 N–H and O–H groups in total. The maximum Gasteiger partial charge on any atom is 0.226 e. The van der Waals surface area contributed by atoms with Gasteiger partial charge in [-0.25, -0.2) is 0 Å². The van der Waals surface area contributed by atoms with Crippen LogP contribution < -0.4 is 0 Å². The SMILES string of the molecule is C[C@@H]1C[C@@H](Cc2ccc(-c3ccccc3)cc2)N([C@@H](CO)c2ccccc2)C1=O. The van der Waals surface area contributed by atoms with Crippen molar-refractivity contribution >= 4 is 5.91 Å². The zero-order valence-electron chi connectivity index (χ0n) is 16.7. The number of aliphatic hydroxyl groups is 1. The summed E-state index contributed by atoms with van der Waals surface area (Å²) in [7, 11) is 0. The molecule has 3 atom stereocenters. The molecule has 0 radical (unpaired) electrons. The second-order valence-electron chi connectivity index (χ2n) is 7.91. The average molecular weight is 386 g/mol. The summed E-state index contributed by atoms with van der Waals surface area (Å²) in [6.45, 7) is 1.93. The molecule has 1 heterocycles. The molecule has 1 aliphatic heterocycles. The summed E-state index contributed by atoms with van der Waals surface area (Å²) in [6, 6.07) is 28.6. The van der Waals surface area contributed by atoms with Crippen LogP contribution in [-0.4, -0.2) is 28.6 Å². The van der Waals surface area contributed by atoms with Crippen molar-refractivity contribution in [3.63, 3.8) is 0 Å². The van der Waals surface area contributed by atoms with Crippen LogP contribution in [0.15, 0.2) is 84.9 Å². The Hall–Kier alpha value is -2.91. The standard InChI is InChI=1S/C26H27NO2/c1-19-16-24(27(26(19)29)25(18-28)23-10-6-3-7-11-23)17-20-12-14-22(15-13-20)21-8-4-2-5-9-21/h2-15,19,24-25,28H,16-18H2,1H3/t19-,24+,25+/m1/s1. The lowest BCUT2D eigenvalue weighted by molar-refractivity contribution is -0.135. The second-order valence-corrected chi connectivity index (χ2v) is 7.91. The largest absolute Gasteiger partial charge is 0.394 e. The van der Waals surface area contributed by atoms with Gasteiger partial charge in [0.1, 0.15) is 0 Å². The van der Waals surface area contributed by atoms with Crippen molar-refractivity contribution in [2.75, 3.05) is 6.61 Å². The van der Waals surface area contributed by atoms with Crippen LogP contribution in [0.2, 0.25) is 0 Å². The van der Waals surface area contributed by atoms with Gasteiger partial charge in [0.05, 0.1) is 12.6 Å². The number of nitrogens with zero attached hydrogens (tertiary/aromatic N) is 1. The molecule has 0 aliphatic carbocycles. The minimum atomic E-state index is -0.290. The number of aliphatic hydroxyl groups excluding tert-OH is 1. The van der Waals surface area contributed by atoms with E-state index in [2.05, 4.69) is 36.4 Å². The van der Waals surface area contributed by atoms with Gasteiger partial charge in [0.15, 0.2) is 0 Å². The van der Waals surface area contributed by atoms with Crippen LogP contribution in [0.1, 0.15) is 30.5 Å². The van der Waals surface area contributed by atoms with Crippen molar-refractivity contribution in [2.24, 2.45) is 5.92 Å². The van der Waals surface area contributed by atoms with Gasteiger partial charge in [0.2, 0.25) is 5.91 Å². The molecule has 148 valence electrons. The molecule has 4 rings (SSSR count). The van der Waals surface area contributed by atoms with Crippen LogP contribution in [0.3, 0.4) is 0 Å². The fraction of sp³-hybridized carbons (Fsp3) is 0.269. The predicted molar refractivity (Wildman–Crippen MR) is 116 cm³/mol. The summed E-state index contributed by atoms with van der Waals surface area (Å²) in [6.07, 6.45) is 1.62. The van der Waals surface area contributed by atoms with E-state index in [1.54, 1.807) is 0 Å². The van der Waals surface area contributed by atoms with E-state index in [4.69, 9.17) is 0 Å². The van der Waals surface area contributed by atoms with Gasteiger partial charge in [-0.2, -0.15) is 0 Å². The molecule has 3 aromatic carbocycles. The molecule has 0 bridgehead atoms. The number of carbonyl (C=O) groups excluding carboxylic acids is 1. The number of likely N-dealkylation sites (tertiary alicyclic amines) is 1. The number of amides is 1. The van der Waals surface area contributed by atoms with Crippen molar-refractivity contribution < 1.29 is 9.90 Å². The summed E-state index contributed by atoms with van der Waals surface area (Å²) in [4.78, 5) is 14.9. The lowest BCUT2D eigenvalue weighted by Gasteiger charge is -2.33. The Kier molecular flexibility index (Phi) is 5.77. The molecule has 3 nitrogen and oxygen atoms in total. The van der Waals surface area contributed by atoms with Crippen molar-refractivity contribution in [3.8, 4) is 11.1 Å². The maximum absolute atomic E-state index is 12.9. The highest BCUT2D eigenvalue weighted by Crippen LogP contribution is 2.35. The molecule has 1 amide bonds. The van der Waals surface area contributed by atoms with Gasteiger partial charge in [-0.15, -0.1) is 0 Å². The Morgan fingerprint density at radius 3 is 2.10 bits per heavy atom. The molecular formula is C26H27NO2. The topological polar surface area (TPSA) is 40.5 Å². The van der Waals surface area contributed by atoms with Crippen molar-refractivity contribution in [3.05, 3.63) is 96.1 Å². The Labute approximate surface area is 172 Å². The number of benzene rings is 3. The molecule has 0 aromatic heterocycles. The number of rotatable bonds is 6. The lowest BCUT2D eigenvalue weighted by atomic mass is 9.97. The van der Waals surface area contributed by atoms with Crippen LogP contribution in [0.4, 0.5) is 0 Å². The van der Waals surface area contributed by atoms with Crippen LogP contribution in [0, 0.1) is 5.92 Å². The molecule has 1 fully saturated rings. The third-order valence-corrected chi connectivity index (χ3v) is 5.92. The molecule has 0 spiro atoms. The number of hydrogen-bond acceptors (Lipinski definition) is 2. The lowest BCUT2D eigenvalue weighted by Crippen LogP contribution is -2.40. The van der Waals surface area contributed by atoms with E-state index in [1.165, 1.54) is 16.7 Å². The van der Waals surface area contributed by atoms with E-state index >= 15 is 0 Å². The maximum atomic E-state index is 12.9. The van der Waals surface area contributed by atoms with Gasteiger partial charge in [-0.3, -0.25) is 4.79 Å². The van der Waals surface area contributed by atoms with E-state index in [0.29, 0.717) is 0 Å². The molecule has 3 heteroatoms. The van der Waals surface area contributed by atoms with E-state index in [-0.39, 0.29) is 30.5 Å². The Morgan fingerprint density at radius 2 is 1.48 bits per heavy atom. The van der Waals surface area contributed by atoms with Crippen molar-refractivity contribution in [1.29, 1.82) is 0 Å². The van der Waals surface area contributed by atoms with Crippen molar-refractivity contribution in [1.82, 2.24) is 4.90 Å². The van der Waals surface area contributed by atoms with E-state index < -0.39 is 0 Å². The van der Waals surface area contributed by atoms with Gasteiger partial charge >= 0.3 is 0 Å². The molecule has 0 unspecified atom stereocenters. The third kappa shape index (κ3) is 4.10. The van der Waals surface area contributed by atoms with E-state index in [9.17, 15) is 9.90 Å². The van der Waals surface area contributed by atoms with Gasteiger partial charge in [-0.05, 0) is 35.1 Å². The normalized spacial score (nSPS) is 20.1. The quantitative estimate of drug-likeness (QED) is 0.658. The minimum Gasteiger partial charge on any atom is -0.394 e. The summed E-state index contributed by atoms with van der Waals surface area (Å²) in [5.74, 6) is 0.125. The summed E-state index contributed by atoms with van der Waals surface area (Å²) >= 11 is 0. The van der Waals surface area contributed by atoms with Crippen LogP contribution in [-0.2, 0) is 11.2 Å². The van der Waals surface area contributed by atoms with Gasteiger partial charge in [0.25, 0.3) is 0 Å². The Morgan fingerprint density at radius 1 is 0.897 bits per heavy atom. The molecule has 3 aromatic rings. The zero-order valence-corrected chi connectivity index (χ0v) is 16.7. The molecular weight excluding hydrogens is 358 g/mol. The van der Waals surface area contributed by atoms with Crippen LogP contribution in [0.25, 0.3) is 11.1 Å². The third-order valence-electron chi connectivity index (χ3n) is 5.92. The first-order chi connectivity index (χ1) is 14.2. The monoisotopic (exact) mass is 385 g/mol. The fourth-order valence-electron chi connectivity index (χ4n) is 4.41. The first-order valence-electron chi connectivity index (χ1n) is 10.3. The number of carbonyl (C=O) groups is 1. The Bertz CT molecular complexity index is 937. The molecule has 29 heavy (non-hydrogen) atoms. The van der Waals surface area contributed by atoms with Gasteiger partial charge in [-0.1, -0.05) is 91.9 Å². The highest BCUT2D eigenvalue weighted by molar-refractivity contribution is 5.81. The molecule has 1 aliphatic rings. The summed E-state index contributed by atoms with van der Waals surface area (Å²) < 4.78 is 0. The Balaban J connectivity index is 1.56. The van der Waals surface area contributed by atoms with Crippen LogP contribution in [0.5, 0.6) is 0 Å². The predicted octanol–water partition coefficient (Wildman–Crippen LogP) is 4.87. The first-order valence-corrected chi connectivity index (χ1v) is 10.3. The smallest absolute Gasteiger partial charge is 0.226 e. The minimum absolute atomic E-state index is 0.0126. The number of hydrogen-bond donors (Lipinski definition) is 1. The van der Waals surface area contributed by atoms with Gasteiger partial charge < -0.3 is 10.0 Å². The van der Waals surface area contributed by atoms with E-state index in [0.717, 1.165) is 18.4 Å². The fourth-order valence-corrected chi connectivity index (χ4v) is 4.41. The summed E-state index contributed by atoms with van der Waals surface area (Å²) in [5.41, 5.74) is 4.60. The molecule has 1 saturated heterocycles. The van der Waals surface area contributed by atoms with Crippen LogP contribution >= 0.6 is 0 Å².